The molecule has 10 heteroatoms. The number of fused-ring (bicyclic) bond motifs is 1. The number of alkyl halides is 2. The van der Waals surface area contributed by atoms with Crippen LogP contribution in [-0.4, -0.2) is 65.0 Å². The molecule has 8 nitrogen and oxygen atoms in total. The Labute approximate surface area is 197 Å². The van der Waals surface area contributed by atoms with Gasteiger partial charge in [-0.2, -0.15) is 9.97 Å². The lowest BCUT2D eigenvalue weighted by molar-refractivity contribution is 0.0985. The number of aryl methyl sites for hydroxylation is 1. The molecule has 3 aromatic rings. The Morgan fingerprint density at radius 1 is 1.15 bits per heavy atom. The van der Waals surface area contributed by atoms with Gasteiger partial charge in [0.2, 0.25) is 5.95 Å². The first-order valence-corrected chi connectivity index (χ1v) is 11.9. The first kappa shape index (κ1) is 22.9. The third-order valence-corrected chi connectivity index (χ3v) is 6.63. The zero-order valence-corrected chi connectivity index (χ0v) is 19.6. The number of anilines is 2. The minimum absolute atomic E-state index is 0.116. The topological polar surface area (TPSA) is 80.1 Å². The number of rotatable bonds is 6. The van der Waals surface area contributed by atoms with Gasteiger partial charge in [-0.25, -0.2) is 13.8 Å². The van der Waals surface area contributed by atoms with Crippen molar-refractivity contribution in [2.24, 2.45) is 5.92 Å². The molecule has 2 aliphatic rings. The van der Waals surface area contributed by atoms with Crippen LogP contribution in [0.25, 0.3) is 16.9 Å². The van der Waals surface area contributed by atoms with Gasteiger partial charge in [0, 0.05) is 19.2 Å². The lowest BCUT2D eigenvalue weighted by Crippen LogP contribution is -2.44. The van der Waals surface area contributed by atoms with Crippen molar-refractivity contribution in [1.29, 1.82) is 0 Å². The monoisotopic (exact) mass is 471 g/mol. The summed E-state index contributed by atoms with van der Waals surface area (Å²) in [5.74, 6) is 1.74. The van der Waals surface area contributed by atoms with Crippen LogP contribution in [-0.2, 0) is 4.74 Å². The predicted molar refractivity (Wildman–Crippen MR) is 128 cm³/mol. The number of aromatic nitrogens is 4. The van der Waals surface area contributed by atoms with E-state index in [4.69, 9.17) is 14.7 Å². The van der Waals surface area contributed by atoms with E-state index in [-0.39, 0.29) is 11.9 Å². The van der Waals surface area contributed by atoms with Crippen LogP contribution in [0.4, 0.5) is 20.5 Å². The van der Waals surface area contributed by atoms with E-state index in [1.807, 2.05) is 19.1 Å². The molecule has 0 bridgehead atoms. The molecule has 0 unspecified atom stereocenters. The third-order valence-electron chi connectivity index (χ3n) is 6.63. The smallest absolute Gasteiger partial charge is 0.296 e. The molecule has 1 atom stereocenters. The normalized spacial score (nSPS) is 19.8. The third kappa shape index (κ3) is 4.69. The molecule has 1 aromatic carbocycles. The summed E-state index contributed by atoms with van der Waals surface area (Å²) in [7, 11) is 0. The molecule has 34 heavy (non-hydrogen) atoms. The summed E-state index contributed by atoms with van der Waals surface area (Å²) in [5, 5.41) is 6.77. The molecule has 0 aliphatic carbocycles. The summed E-state index contributed by atoms with van der Waals surface area (Å²) in [4.78, 5) is 15.9. The van der Waals surface area contributed by atoms with E-state index in [9.17, 15) is 8.78 Å². The van der Waals surface area contributed by atoms with Gasteiger partial charge in [-0.15, -0.1) is 0 Å². The van der Waals surface area contributed by atoms with Crippen molar-refractivity contribution in [2.45, 2.75) is 39.2 Å². The molecule has 0 saturated carbocycles. The molecule has 0 radical (unpaired) electrons. The number of piperidine rings is 1. The van der Waals surface area contributed by atoms with Crippen LogP contribution in [0.1, 0.15) is 37.6 Å². The van der Waals surface area contributed by atoms with Crippen molar-refractivity contribution in [3.63, 3.8) is 0 Å². The molecule has 0 amide bonds. The van der Waals surface area contributed by atoms with Crippen LogP contribution in [0.15, 0.2) is 24.3 Å². The molecule has 2 aromatic heterocycles. The fourth-order valence-corrected chi connectivity index (χ4v) is 4.74. The number of morpholine rings is 1. The quantitative estimate of drug-likeness (QED) is 0.568. The molecule has 5 rings (SSSR count). The summed E-state index contributed by atoms with van der Waals surface area (Å²) in [5.41, 5.74) is 2.10. The number of nitrogens with zero attached hydrogens (tertiary/aromatic N) is 5. The van der Waals surface area contributed by atoms with Gasteiger partial charge in [-0.1, -0.05) is 6.07 Å². The summed E-state index contributed by atoms with van der Waals surface area (Å²) in [6.07, 6.45) is -0.568. The number of imidazole rings is 1. The van der Waals surface area contributed by atoms with Crippen molar-refractivity contribution >= 4 is 22.8 Å². The molecule has 0 spiro atoms. The molecule has 4 heterocycles. The van der Waals surface area contributed by atoms with E-state index < -0.39 is 6.43 Å². The molecular formula is C24H31F2N7O. The number of hydrogen-bond donors (Lipinski definition) is 2. The molecule has 2 fully saturated rings. The van der Waals surface area contributed by atoms with Gasteiger partial charge in [-0.3, -0.25) is 4.57 Å². The van der Waals surface area contributed by atoms with Gasteiger partial charge in [0.25, 0.3) is 6.43 Å². The van der Waals surface area contributed by atoms with E-state index in [2.05, 4.69) is 27.4 Å². The number of hydrogen-bond acceptors (Lipinski definition) is 7. The first-order chi connectivity index (χ1) is 16.5. The number of benzene rings is 1. The summed E-state index contributed by atoms with van der Waals surface area (Å²) in [6.45, 7) is 8.62. The largest absolute Gasteiger partial charge is 0.377 e. The van der Waals surface area contributed by atoms with E-state index >= 15 is 0 Å². The van der Waals surface area contributed by atoms with Gasteiger partial charge < -0.3 is 20.3 Å². The van der Waals surface area contributed by atoms with Crippen LogP contribution >= 0.6 is 0 Å². The lowest BCUT2D eigenvalue weighted by atomic mass is 9.98. The van der Waals surface area contributed by atoms with Gasteiger partial charge in [0.05, 0.1) is 30.3 Å². The second-order valence-electron chi connectivity index (χ2n) is 9.20. The Balaban J connectivity index is 1.59. The SMILES string of the molecule is Cc1ccc2nc(C(F)F)n(-c3cc(N4CCOC[C@H]4C)nc(NCC4CCNCC4)n3)c2c1. The summed E-state index contributed by atoms with van der Waals surface area (Å²) < 4.78 is 35.2. The Morgan fingerprint density at radius 3 is 2.71 bits per heavy atom. The highest BCUT2D eigenvalue weighted by molar-refractivity contribution is 5.79. The van der Waals surface area contributed by atoms with Gasteiger partial charge in [0.1, 0.15) is 11.6 Å². The van der Waals surface area contributed by atoms with Crippen LogP contribution in [0, 0.1) is 12.8 Å². The fraction of sp³-hybridized carbons (Fsp3) is 0.542. The Bertz CT molecular complexity index is 1150. The maximum absolute atomic E-state index is 14.1. The molecule has 2 aliphatic heterocycles. The number of ether oxygens (including phenoxy) is 1. The minimum Gasteiger partial charge on any atom is -0.377 e. The Kier molecular flexibility index (Phi) is 6.60. The molecular weight excluding hydrogens is 440 g/mol. The maximum atomic E-state index is 14.1. The van der Waals surface area contributed by atoms with E-state index in [0.717, 1.165) is 38.0 Å². The maximum Gasteiger partial charge on any atom is 0.296 e. The molecule has 2 saturated heterocycles. The van der Waals surface area contributed by atoms with Crippen molar-refractivity contribution < 1.29 is 13.5 Å². The first-order valence-electron chi connectivity index (χ1n) is 11.9. The van der Waals surface area contributed by atoms with Crippen molar-refractivity contribution in [3.8, 4) is 5.82 Å². The second kappa shape index (κ2) is 9.79. The average molecular weight is 472 g/mol. The average Bonchev–Trinajstić information content (AvgIpc) is 3.22. The minimum atomic E-state index is -2.74. The standard InChI is InChI=1S/C24H31F2N7O/c1-15-3-4-18-19(11-15)33(23(29-18)22(25)26)21-12-20(32-9-10-34-14-16(32)2)30-24(31-21)28-13-17-5-7-27-8-6-17/h3-4,11-12,16-17,22,27H,5-10,13-14H2,1-2H3,(H,28,30,31)/t16-/m1/s1. The Morgan fingerprint density at radius 2 is 1.94 bits per heavy atom. The predicted octanol–water partition coefficient (Wildman–Crippen LogP) is 3.70. The van der Waals surface area contributed by atoms with E-state index in [1.165, 1.54) is 4.57 Å². The van der Waals surface area contributed by atoms with Crippen molar-refractivity contribution in [2.75, 3.05) is 49.6 Å². The van der Waals surface area contributed by atoms with Gasteiger partial charge in [-0.05, 0) is 63.4 Å². The zero-order chi connectivity index (χ0) is 23.7. The van der Waals surface area contributed by atoms with Crippen LogP contribution < -0.4 is 15.5 Å². The highest BCUT2D eigenvalue weighted by Gasteiger charge is 2.25. The molecule has 2 N–H and O–H groups in total. The zero-order valence-electron chi connectivity index (χ0n) is 19.6. The van der Waals surface area contributed by atoms with Crippen LogP contribution in [0.5, 0.6) is 0 Å². The highest BCUT2D eigenvalue weighted by Crippen LogP contribution is 2.30. The summed E-state index contributed by atoms with van der Waals surface area (Å²) >= 11 is 0. The van der Waals surface area contributed by atoms with Gasteiger partial charge in [0.15, 0.2) is 5.82 Å². The highest BCUT2D eigenvalue weighted by atomic mass is 19.3. The molecule has 182 valence electrons. The van der Waals surface area contributed by atoms with Crippen LogP contribution in [0.3, 0.4) is 0 Å². The van der Waals surface area contributed by atoms with E-state index in [0.29, 0.717) is 54.3 Å². The second-order valence-corrected chi connectivity index (χ2v) is 9.20. The summed E-state index contributed by atoms with van der Waals surface area (Å²) in [6, 6.07) is 7.42. The van der Waals surface area contributed by atoms with Crippen LogP contribution in [0.2, 0.25) is 0 Å². The van der Waals surface area contributed by atoms with E-state index in [1.54, 1.807) is 12.1 Å². The van der Waals surface area contributed by atoms with Crippen molar-refractivity contribution in [3.05, 3.63) is 35.7 Å². The number of halogens is 2. The number of nitrogens with one attached hydrogen (secondary N) is 2. The van der Waals surface area contributed by atoms with Gasteiger partial charge >= 0.3 is 0 Å². The fourth-order valence-electron chi connectivity index (χ4n) is 4.74. The lowest BCUT2D eigenvalue weighted by Gasteiger charge is -2.34. The Hall–Kier alpha value is -2.85. The van der Waals surface area contributed by atoms with Crippen molar-refractivity contribution in [1.82, 2.24) is 24.8 Å².